The van der Waals surface area contributed by atoms with Crippen LogP contribution in [-0.2, 0) is 4.79 Å². The maximum absolute atomic E-state index is 11.4. The SMILES string of the molecule is COc1cc(NCC(=O)NC(C)C)nc(C)n1. The maximum atomic E-state index is 11.4. The Morgan fingerprint density at radius 2 is 2.18 bits per heavy atom. The average molecular weight is 238 g/mol. The van der Waals surface area contributed by atoms with Gasteiger partial charge in [-0.3, -0.25) is 4.79 Å². The molecule has 0 saturated heterocycles. The number of aryl methyl sites for hydroxylation is 1. The molecule has 17 heavy (non-hydrogen) atoms. The summed E-state index contributed by atoms with van der Waals surface area (Å²) in [6.07, 6.45) is 0. The zero-order valence-electron chi connectivity index (χ0n) is 10.6. The van der Waals surface area contributed by atoms with E-state index in [0.717, 1.165) is 0 Å². The predicted molar refractivity (Wildman–Crippen MR) is 65.1 cm³/mol. The molecule has 1 rings (SSSR count). The van der Waals surface area contributed by atoms with Crippen molar-refractivity contribution in [2.45, 2.75) is 26.8 Å². The molecule has 1 amide bonds. The minimum Gasteiger partial charge on any atom is -0.481 e. The summed E-state index contributed by atoms with van der Waals surface area (Å²) >= 11 is 0. The van der Waals surface area contributed by atoms with E-state index in [1.165, 1.54) is 7.11 Å². The average Bonchev–Trinajstić information content (AvgIpc) is 2.24. The Morgan fingerprint density at radius 1 is 1.47 bits per heavy atom. The zero-order valence-corrected chi connectivity index (χ0v) is 10.6. The summed E-state index contributed by atoms with van der Waals surface area (Å²) in [5, 5.41) is 5.70. The van der Waals surface area contributed by atoms with Crippen LogP contribution < -0.4 is 15.4 Å². The van der Waals surface area contributed by atoms with Crippen molar-refractivity contribution in [3.63, 3.8) is 0 Å². The minimum absolute atomic E-state index is 0.0739. The van der Waals surface area contributed by atoms with E-state index in [0.29, 0.717) is 17.5 Å². The van der Waals surface area contributed by atoms with Crippen LogP contribution in [0.25, 0.3) is 0 Å². The molecule has 0 aromatic carbocycles. The number of amides is 1. The molecule has 0 radical (unpaired) electrons. The number of anilines is 1. The highest BCUT2D eigenvalue weighted by molar-refractivity contribution is 5.80. The third kappa shape index (κ3) is 4.67. The molecule has 0 fully saturated rings. The van der Waals surface area contributed by atoms with E-state index in [1.54, 1.807) is 13.0 Å². The standard InChI is InChI=1S/C11H18N4O2/c1-7(2)13-10(16)6-12-9-5-11(17-4)15-8(3)14-9/h5,7H,6H2,1-4H3,(H,13,16)(H,12,14,15). The molecular weight excluding hydrogens is 220 g/mol. The number of nitrogens with zero attached hydrogens (tertiary/aromatic N) is 2. The molecule has 0 aliphatic rings. The van der Waals surface area contributed by atoms with Gasteiger partial charge in [0.15, 0.2) is 0 Å². The van der Waals surface area contributed by atoms with Gasteiger partial charge in [0.05, 0.1) is 13.7 Å². The number of hydrogen-bond acceptors (Lipinski definition) is 5. The number of rotatable bonds is 5. The Kier molecular flexibility index (Phi) is 4.68. The van der Waals surface area contributed by atoms with Gasteiger partial charge >= 0.3 is 0 Å². The first-order valence-electron chi connectivity index (χ1n) is 5.44. The molecule has 0 aliphatic heterocycles. The Bertz CT molecular complexity index is 393. The fourth-order valence-corrected chi connectivity index (χ4v) is 1.28. The summed E-state index contributed by atoms with van der Waals surface area (Å²) in [6, 6.07) is 1.78. The monoisotopic (exact) mass is 238 g/mol. The van der Waals surface area contributed by atoms with E-state index in [-0.39, 0.29) is 18.5 Å². The van der Waals surface area contributed by atoms with Crippen LogP contribution in [0.5, 0.6) is 5.88 Å². The quantitative estimate of drug-likeness (QED) is 0.791. The van der Waals surface area contributed by atoms with Gasteiger partial charge < -0.3 is 15.4 Å². The highest BCUT2D eigenvalue weighted by Crippen LogP contribution is 2.11. The molecule has 1 aromatic rings. The lowest BCUT2D eigenvalue weighted by Gasteiger charge is -2.10. The van der Waals surface area contributed by atoms with Gasteiger partial charge in [0.25, 0.3) is 0 Å². The molecular formula is C11H18N4O2. The summed E-state index contributed by atoms with van der Waals surface area (Å²) in [5.41, 5.74) is 0. The normalized spacial score (nSPS) is 10.2. The molecule has 0 spiro atoms. The van der Waals surface area contributed by atoms with Crippen molar-refractivity contribution in [2.75, 3.05) is 19.0 Å². The van der Waals surface area contributed by atoms with Gasteiger partial charge in [-0.25, -0.2) is 4.98 Å². The van der Waals surface area contributed by atoms with E-state index >= 15 is 0 Å². The number of ether oxygens (including phenoxy) is 1. The third-order valence-electron chi connectivity index (χ3n) is 1.90. The number of carbonyl (C=O) groups is 1. The minimum atomic E-state index is -0.0739. The first-order chi connectivity index (χ1) is 8.01. The molecule has 0 unspecified atom stereocenters. The second-order valence-electron chi connectivity index (χ2n) is 3.92. The summed E-state index contributed by atoms with van der Waals surface area (Å²) in [5.74, 6) is 1.57. The molecule has 6 nitrogen and oxygen atoms in total. The Labute approximate surface area is 101 Å². The zero-order chi connectivity index (χ0) is 12.8. The van der Waals surface area contributed by atoms with Crippen LogP contribution >= 0.6 is 0 Å². The van der Waals surface area contributed by atoms with Crippen LogP contribution in [0.3, 0.4) is 0 Å². The van der Waals surface area contributed by atoms with Gasteiger partial charge in [-0.1, -0.05) is 0 Å². The van der Waals surface area contributed by atoms with Crippen molar-refractivity contribution >= 4 is 11.7 Å². The van der Waals surface area contributed by atoms with Gasteiger partial charge in [0.1, 0.15) is 11.6 Å². The molecule has 0 saturated carbocycles. The van der Waals surface area contributed by atoms with E-state index in [2.05, 4.69) is 20.6 Å². The molecule has 0 atom stereocenters. The third-order valence-corrected chi connectivity index (χ3v) is 1.90. The highest BCUT2D eigenvalue weighted by Gasteiger charge is 2.05. The molecule has 6 heteroatoms. The summed E-state index contributed by atoms with van der Waals surface area (Å²) in [4.78, 5) is 19.6. The van der Waals surface area contributed by atoms with Crippen molar-refractivity contribution in [3.8, 4) is 5.88 Å². The molecule has 94 valence electrons. The van der Waals surface area contributed by atoms with E-state index in [9.17, 15) is 4.79 Å². The van der Waals surface area contributed by atoms with Crippen molar-refractivity contribution < 1.29 is 9.53 Å². The molecule has 1 heterocycles. The van der Waals surface area contributed by atoms with Crippen LogP contribution in [-0.4, -0.2) is 35.6 Å². The van der Waals surface area contributed by atoms with Crippen LogP contribution in [0.1, 0.15) is 19.7 Å². The van der Waals surface area contributed by atoms with Crippen LogP contribution in [0.2, 0.25) is 0 Å². The van der Waals surface area contributed by atoms with Crippen LogP contribution in [0.15, 0.2) is 6.07 Å². The Hall–Kier alpha value is -1.85. The Balaban J connectivity index is 2.57. The molecule has 0 aliphatic carbocycles. The van der Waals surface area contributed by atoms with Gasteiger partial charge in [-0.2, -0.15) is 4.98 Å². The second-order valence-corrected chi connectivity index (χ2v) is 3.92. The van der Waals surface area contributed by atoms with E-state index in [1.807, 2.05) is 13.8 Å². The number of carbonyl (C=O) groups excluding carboxylic acids is 1. The number of hydrogen-bond donors (Lipinski definition) is 2. The number of nitrogens with one attached hydrogen (secondary N) is 2. The van der Waals surface area contributed by atoms with Gasteiger partial charge in [-0.05, 0) is 20.8 Å². The lowest BCUT2D eigenvalue weighted by molar-refractivity contribution is -0.119. The summed E-state index contributed by atoms with van der Waals surface area (Å²) in [6.45, 7) is 5.77. The van der Waals surface area contributed by atoms with Crippen molar-refractivity contribution in [1.82, 2.24) is 15.3 Å². The predicted octanol–water partition coefficient (Wildman–Crippen LogP) is 0.730. The van der Waals surface area contributed by atoms with Gasteiger partial charge in [0, 0.05) is 12.1 Å². The molecule has 1 aromatic heterocycles. The van der Waals surface area contributed by atoms with Crippen molar-refractivity contribution in [3.05, 3.63) is 11.9 Å². The molecule has 0 bridgehead atoms. The fourth-order valence-electron chi connectivity index (χ4n) is 1.28. The Morgan fingerprint density at radius 3 is 2.76 bits per heavy atom. The topological polar surface area (TPSA) is 76.1 Å². The molecule has 2 N–H and O–H groups in total. The summed E-state index contributed by atoms with van der Waals surface area (Å²) < 4.78 is 5.02. The van der Waals surface area contributed by atoms with E-state index in [4.69, 9.17) is 4.74 Å². The van der Waals surface area contributed by atoms with Crippen LogP contribution in [0.4, 0.5) is 5.82 Å². The van der Waals surface area contributed by atoms with Gasteiger partial charge in [0.2, 0.25) is 11.8 Å². The van der Waals surface area contributed by atoms with Crippen molar-refractivity contribution in [1.29, 1.82) is 0 Å². The fraction of sp³-hybridized carbons (Fsp3) is 0.545. The second kappa shape index (κ2) is 6.03. The van der Waals surface area contributed by atoms with E-state index < -0.39 is 0 Å². The smallest absolute Gasteiger partial charge is 0.239 e. The number of aromatic nitrogens is 2. The lowest BCUT2D eigenvalue weighted by atomic mass is 10.4. The summed E-state index contributed by atoms with van der Waals surface area (Å²) in [7, 11) is 1.54. The number of methoxy groups -OCH3 is 1. The first kappa shape index (κ1) is 13.2. The highest BCUT2D eigenvalue weighted by atomic mass is 16.5. The lowest BCUT2D eigenvalue weighted by Crippen LogP contribution is -2.35. The van der Waals surface area contributed by atoms with Gasteiger partial charge in [-0.15, -0.1) is 0 Å². The maximum Gasteiger partial charge on any atom is 0.239 e. The van der Waals surface area contributed by atoms with Crippen LogP contribution in [0, 0.1) is 6.92 Å². The van der Waals surface area contributed by atoms with Crippen molar-refractivity contribution in [2.24, 2.45) is 0 Å². The largest absolute Gasteiger partial charge is 0.481 e. The first-order valence-corrected chi connectivity index (χ1v) is 5.44.